The molecule has 0 aliphatic rings. The van der Waals surface area contributed by atoms with Crippen molar-refractivity contribution in [3.63, 3.8) is 0 Å². The Labute approximate surface area is 82.4 Å². The first-order valence-corrected chi connectivity index (χ1v) is 3.97. The summed E-state index contributed by atoms with van der Waals surface area (Å²) in [7, 11) is 0. The van der Waals surface area contributed by atoms with Gasteiger partial charge in [-0.2, -0.15) is 0 Å². The maximum Gasteiger partial charge on any atom is 0.169 e. The van der Waals surface area contributed by atoms with Gasteiger partial charge in [-0.1, -0.05) is 0 Å². The Kier molecular flexibility index (Phi) is 5.06. The lowest BCUT2D eigenvalue weighted by molar-refractivity contribution is -0.111. The molecule has 0 saturated heterocycles. The maximum absolute atomic E-state index is 10.5. The second-order valence-corrected chi connectivity index (χ2v) is 3.04. The summed E-state index contributed by atoms with van der Waals surface area (Å²) in [6.07, 6.45) is 4.92. The van der Waals surface area contributed by atoms with Crippen LogP contribution < -0.4 is 5.73 Å². The first-order valence-electron chi connectivity index (χ1n) is 3.97. The molecule has 0 atom stereocenters. The fourth-order valence-corrected chi connectivity index (χ4v) is 0.486. The number of hydrogen-bond donors (Lipinski definition) is 1. The SMILES string of the molecule is CC(C)(C=O)/N=C/C(C=O)=N\C=C/N. The van der Waals surface area contributed by atoms with Crippen molar-refractivity contribution < 1.29 is 9.59 Å². The monoisotopic (exact) mass is 195 g/mol. The minimum atomic E-state index is -0.837. The summed E-state index contributed by atoms with van der Waals surface area (Å²) in [5.41, 5.74) is 4.31. The van der Waals surface area contributed by atoms with E-state index in [1.807, 2.05) is 0 Å². The average molecular weight is 195 g/mol. The van der Waals surface area contributed by atoms with E-state index in [1.54, 1.807) is 13.8 Å². The number of rotatable bonds is 5. The molecule has 0 aliphatic carbocycles. The molecular weight excluding hydrogens is 182 g/mol. The van der Waals surface area contributed by atoms with Crippen molar-refractivity contribution in [1.29, 1.82) is 0 Å². The van der Waals surface area contributed by atoms with Crippen molar-refractivity contribution in [1.82, 2.24) is 0 Å². The van der Waals surface area contributed by atoms with Gasteiger partial charge in [0.1, 0.15) is 17.5 Å². The van der Waals surface area contributed by atoms with E-state index in [2.05, 4.69) is 9.98 Å². The van der Waals surface area contributed by atoms with E-state index in [4.69, 9.17) is 5.73 Å². The largest absolute Gasteiger partial charge is 0.403 e. The summed E-state index contributed by atoms with van der Waals surface area (Å²) in [6, 6.07) is 0. The standard InChI is InChI=1S/C9H13N3O2/c1-9(2,7-14)12-5-8(6-13)11-4-3-10/h3-7H,10H2,1-2H3/b4-3-,11-8+,12-5+. The van der Waals surface area contributed by atoms with Crippen LogP contribution in [0, 0.1) is 0 Å². The Morgan fingerprint density at radius 2 is 2.00 bits per heavy atom. The topological polar surface area (TPSA) is 84.9 Å². The lowest BCUT2D eigenvalue weighted by Gasteiger charge is -2.08. The van der Waals surface area contributed by atoms with Crippen molar-refractivity contribution >= 4 is 24.5 Å². The number of aliphatic imine (C=N–C) groups is 2. The zero-order chi connectivity index (χ0) is 11.0. The molecule has 0 amide bonds. The van der Waals surface area contributed by atoms with Crippen molar-refractivity contribution in [3.05, 3.63) is 12.4 Å². The number of hydrogen-bond acceptors (Lipinski definition) is 5. The van der Waals surface area contributed by atoms with Crippen LogP contribution in [0.5, 0.6) is 0 Å². The van der Waals surface area contributed by atoms with Crippen LogP contribution in [0.25, 0.3) is 0 Å². The molecule has 0 fully saturated rings. The number of nitrogens with two attached hydrogens (primary N) is 1. The highest BCUT2D eigenvalue weighted by molar-refractivity contribution is 6.54. The smallest absolute Gasteiger partial charge is 0.169 e. The average Bonchev–Trinajstić information content (AvgIpc) is 2.18. The minimum Gasteiger partial charge on any atom is -0.403 e. The molecule has 14 heavy (non-hydrogen) atoms. The highest BCUT2D eigenvalue weighted by Gasteiger charge is 2.12. The van der Waals surface area contributed by atoms with Crippen molar-refractivity contribution in [3.8, 4) is 0 Å². The summed E-state index contributed by atoms with van der Waals surface area (Å²) >= 11 is 0. The van der Waals surface area contributed by atoms with Gasteiger partial charge in [-0.05, 0) is 13.8 Å². The molecule has 0 radical (unpaired) electrons. The molecule has 76 valence electrons. The van der Waals surface area contributed by atoms with Gasteiger partial charge in [0.15, 0.2) is 6.29 Å². The third-order valence-electron chi connectivity index (χ3n) is 1.25. The van der Waals surface area contributed by atoms with Crippen LogP contribution >= 0.6 is 0 Å². The molecule has 0 spiro atoms. The third kappa shape index (κ3) is 4.97. The maximum atomic E-state index is 10.5. The fourth-order valence-electron chi connectivity index (χ4n) is 0.486. The Bertz CT molecular complexity index is 290. The predicted octanol–water partition coefficient (Wildman–Crippen LogP) is 0.105. The first kappa shape index (κ1) is 12.2. The van der Waals surface area contributed by atoms with Crippen LogP contribution in [0.3, 0.4) is 0 Å². The van der Waals surface area contributed by atoms with Crippen molar-refractivity contribution in [2.24, 2.45) is 15.7 Å². The van der Waals surface area contributed by atoms with Gasteiger partial charge in [-0.3, -0.25) is 14.8 Å². The summed E-state index contributed by atoms with van der Waals surface area (Å²) in [5, 5.41) is 0. The van der Waals surface area contributed by atoms with Gasteiger partial charge < -0.3 is 10.5 Å². The number of carbonyl (C=O) groups is 2. The van der Waals surface area contributed by atoms with Crippen molar-refractivity contribution in [2.75, 3.05) is 0 Å². The molecule has 0 aromatic carbocycles. The van der Waals surface area contributed by atoms with Gasteiger partial charge in [-0.15, -0.1) is 0 Å². The number of carbonyl (C=O) groups excluding carboxylic acids is 2. The predicted molar refractivity (Wildman–Crippen MR) is 55.5 cm³/mol. The molecule has 5 heteroatoms. The second kappa shape index (κ2) is 5.80. The molecule has 5 nitrogen and oxygen atoms in total. The summed E-state index contributed by atoms with van der Waals surface area (Å²) in [5.74, 6) is 0. The Morgan fingerprint density at radius 1 is 1.36 bits per heavy atom. The molecular formula is C9H13N3O2. The Hall–Kier alpha value is -1.78. The van der Waals surface area contributed by atoms with E-state index in [0.29, 0.717) is 12.6 Å². The molecule has 0 aromatic rings. The molecule has 0 bridgehead atoms. The fraction of sp³-hybridized carbons (Fsp3) is 0.333. The highest BCUT2D eigenvalue weighted by atomic mass is 16.1. The van der Waals surface area contributed by atoms with Gasteiger partial charge in [0.05, 0.1) is 6.21 Å². The quantitative estimate of drug-likeness (QED) is 0.499. The van der Waals surface area contributed by atoms with Crippen LogP contribution in [-0.4, -0.2) is 30.0 Å². The summed E-state index contributed by atoms with van der Waals surface area (Å²) in [4.78, 5) is 28.4. The van der Waals surface area contributed by atoms with E-state index < -0.39 is 5.54 Å². The normalized spacial score (nSPS) is 13.7. The van der Waals surface area contributed by atoms with E-state index in [0.717, 1.165) is 0 Å². The van der Waals surface area contributed by atoms with Crippen LogP contribution in [-0.2, 0) is 9.59 Å². The van der Waals surface area contributed by atoms with Crippen LogP contribution in [0.2, 0.25) is 0 Å². The third-order valence-corrected chi connectivity index (χ3v) is 1.25. The van der Waals surface area contributed by atoms with E-state index >= 15 is 0 Å². The molecule has 0 rings (SSSR count). The molecule has 0 aromatic heterocycles. The highest BCUT2D eigenvalue weighted by Crippen LogP contribution is 2.02. The van der Waals surface area contributed by atoms with E-state index in [9.17, 15) is 9.59 Å². The molecule has 0 saturated carbocycles. The van der Waals surface area contributed by atoms with E-state index in [1.165, 1.54) is 18.6 Å². The Balaban J connectivity index is 4.62. The van der Waals surface area contributed by atoms with Crippen LogP contribution in [0.15, 0.2) is 22.4 Å². The molecule has 0 heterocycles. The lowest BCUT2D eigenvalue weighted by atomic mass is 10.1. The van der Waals surface area contributed by atoms with Gasteiger partial charge in [-0.25, -0.2) is 0 Å². The molecule has 0 unspecified atom stereocenters. The summed E-state index contributed by atoms with van der Waals surface area (Å²) in [6.45, 7) is 3.25. The van der Waals surface area contributed by atoms with Gasteiger partial charge in [0.25, 0.3) is 0 Å². The second-order valence-electron chi connectivity index (χ2n) is 3.04. The summed E-state index contributed by atoms with van der Waals surface area (Å²) < 4.78 is 0. The van der Waals surface area contributed by atoms with Gasteiger partial charge in [0, 0.05) is 12.4 Å². The van der Waals surface area contributed by atoms with Gasteiger partial charge >= 0.3 is 0 Å². The van der Waals surface area contributed by atoms with Crippen molar-refractivity contribution in [2.45, 2.75) is 19.4 Å². The number of aldehydes is 2. The first-order chi connectivity index (χ1) is 6.55. The van der Waals surface area contributed by atoms with Crippen LogP contribution in [0.4, 0.5) is 0 Å². The van der Waals surface area contributed by atoms with E-state index in [-0.39, 0.29) is 5.71 Å². The molecule has 2 N–H and O–H groups in total. The van der Waals surface area contributed by atoms with Gasteiger partial charge in [0.2, 0.25) is 0 Å². The van der Waals surface area contributed by atoms with Crippen LogP contribution in [0.1, 0.15) is 13.8 Å². The lowest BCUT2D eigenvalue weighted by Crippen LogP contribution is -2.19. The zero-order valence-electron chi connectivity index (χ0n) is 8.18. The number of nitrogens with zero attached hydrogens (tertiary/aromatic N) is 2. The Morgan fingerprint density at radius 3 is 2.43 bits per heavy atom. The zero-order valence-corrected chi connectivity index (χ0v) is 8.18. The molecule has 0 aliphatic heterocycles. The minimum absolute atomic E-state index is 0.113.